The SMILES string of the molecule is CCNC(=NCC(C)(O)c1ccsc1)NCCc1ncc(C)s1.I. The van der Waals surface area contributed by atoms with Crippen LogP contribution in [0.15, 0.2) is 28.0 Å². The van der Waals surface area contributed by atoms with Gasteiger partial charge in [-0.05, 0) is 43.2 Å². The quantitative estimate of drug-likeness (QED) is 0.324. The summed E-state index contributed by atoms with van der Waals surface area (Å²) >= 11 is 3.30. The van der Waals surface area contributed by atoms with Gasteiger partial charge in [0, 0.05) is 30.6 Å². The van der Waals surface area contributed by atoms with Gasteiger partial charge in [-0.3, -0.25) is 0 Å². The standard InChI is InChI=1S/C16H24N4OS2.HI/c1-4-17-15(18-7-5-14-19-9-12(2)23-14)20-11-16(3,21)13-6-8-22-10-13;/h6,8-10,21H,4-5,7,11H2,1-3H3,(H2,17,18,20);1H. The highest BCUT2D eigenvalue weighted by atomic mass is 127. The molecule has 0 aliphatic rings. The molecule has 2 rings (SSSR count). The van der Waals surface area contributed by atoms with E-state index >= 15 is 0 Å². The normalized spacial score (nSPS) is 13.9. The summed E-state index contributed by atoms with van der Waals surface area (Å²) in [6.45, 7) is 7.74. The summed E-state index contributed by atoms with van der Waals surface area (Å²) in [4.78, 5) is 10.1. The van der Waals surface area contributed by atoms with E-state index in [9.17, 15) is 5.11 Å². The van der Waals surface area contributed by atoms with Crippen molar-refractivity contribution in [2.45, 2.75) is 32.8 Å². The molecular weight excluding hydrogens is 455 g/mol. The van der Waals surface area contributed by atoms with Crippen LogP contribution < -0.4 is 10.6 Å². The fraction of sp³-hybridized carbons (Fsp3) is 0.500. The van der Waals surface area contributed by atoms with E-state index in [1.807, 2.05) is 29.9 Å². The third-order valence-corrected chi connectivity index (χ3v) is 4.99. The van der Waals surface area contributed by atoms with Crippen LogP contribution in [0.3, 0.4) is 0 Å². The molecule has 0 aromatic carbocycles. The molecule has 0 radical (unpaired) electrons. The Kier molecular flexibility index (Phi) is 9.17. The Morgan fingerprint density at radius 1 is 1.42 bits per heavy atom. The van der Waals surface area contributed by atoms with E-state index in [1.165, 1.54) is 4.88 Å². The van der Waals surface area contributed by atoms with Crippen molar-refractivity contribution >= 4 is 52.6 Å². The third-order valence-electron chi connectivity index (χ3n) is 3.33. The van der Waals surface area contributed by atoms with Crippen LogP contribution in [0, 0.1) is 6.92 Å². The Balaban J connectivity index is 0.00000288. The van der Waals surface area contributed by atoms with Gasteiger partial charge in [0.15, 0.2) is 5.96 Å². The van der Waals surface area contributed by atoms with Gasteiger partial charge in [0.25, 0.3) is 0 Å². The molecule has 0 aliphatic carbocycles. The smallest absolute Gasteiger partial charge is 0.191 e. The lowest BCUT2D eigenvalue weighted by Gasteiger charge is -2.21. The van der Waals surface area contributed by atoms with E-state index in [-0.39, 0.29) is 24.0 Å². The Labute approximate surface area is 168 Å². The monoisotopic (exact) mass is 480 g/mol. The molecule has 0 saturated carbocycles. The Morgan fingerprint density at radius 3 is 2.79 bits per heavy atom. The highest BCUT2D eigenvalue weighted by Crippen LogP contribution is 2.23. The van der Waals surface area contributed by atoms with Gasteiger partial charge in [0.1, 0.15) is 5.60 Å². The maximum atomic E-state index is 10.5. The molecule has 0 aliphatic heterocycles. The molecule has 2 aromatic heterocycles. The largest absolute Gasteiger partial charge is 0.383 e. The maximum Gasteiger partial charge on any atom is 0.191 e. The van der Waals surface area contributed by atoms with E-state index in [1.54, 1.807) is 29.6 Å². The second-order valence-electron chi connectivity index (χ2n) is 5.52. The summed E-state index contributed by atoms with van der Waals surface area (Å²) in [7, 11) is 0. The van der Waals surface area contributed by atoms with Crippen molar-refractivity contribution < 1.29 is 5.11 Å². The zero-order valence-electron chi connectivity index (χ0n) is 14.2. The molecule has 134 valence electrons. The summed E-state index contributed by atoms with van der Waals surface area (Å²) in [5.74, 6) is 0.719. The number of aryl methyl sites for hydroxylation is 1. The predicted molar refractivity (Wildman–Crippen MR) is 114 cm³/mol. The number of thiophene rings is 1. The second kappa shape index (κ2) is 10.3. The number of hydrogen-bond acceptors (Lipinski definition) is 5. The lowest BCUT2D eigenvalue weighted by molar-refractivity contribution is 0.0677. The number of halogens is 1. The van der Waals surface area contributed by atoms with Gasteiger partial charge in [-0.25, -0.2) is 9.98 Å². The summed E-state index contributed by atoms with van der Waals surface area (Å²) in [6, 6.07) is 1.94. The Bertz CT molecular complexity index is 626. The number of nitrogens with one attached hydrogen (secondary N) is 2. The van der Waals surface area contributed by atoms with Crippen molar-refractivity contribution in [1.82, 2.24) is 15.6 Å². The minimum absolute atomic E-state index is 0. The first-order valence-electron chi connectivity index (χ1n) is 7.70. The molecule has 24 heavy (non-hydrogen) atoms. The van der Waals surface area contributed by atoms with Gasteiger partial charge < -0.3 is 15.7 Å². The highest BCUT2D eigenvalue weighted by molar-refractivity contribution is 14.0. The van der Waals surface area contributed by atoms with Gasteiger partial charge in [-0.1, -0.05) is 0 Å². The van der Waals surface area contributed by atoms with Crippen molar-refractivity contribution in [2.75, 3.05) is 19.6 Å². The topological polar surface area (TPSA) is 69.5 Å². The molecule has 0 amide bonds. The van der Waals surface area contributed by atoms with E-state index in [2.05, 4.69) is 27.5 Å². The van der Waals surface area contributed by atoms with Gasteiger partial charge >= 0.3 is 0 Å². The number of thiazole rings is 1. The fourth-order valence-electron chi connectivity index (χ4n) is 2.04. The molecule has 0 spiro atoms. The number of rotatable bonds is 7. The van der Waals surface area contributed by atoms with Crippen LogP contribution >= 0.6 is 46.7 Å². The first-order valence-corrected chi connectivity index (χ1v) is 9.45. The van der Waals surface area contributed by atoms with E-state index in [0.717, 1.165) is 36.0 Å². The lowest BCUT2D eigenvalue weighted by atomic mass is 10.00. The van der Waals surface area contributed by atoms with Crippen LogP contribution in [0.5, 0.6) is 0 Å². The number of hydrogen-bond donors (Lipinski definition) is 3. The van der Waals surface area contributed by atoms with Crippen molar-refractivity contribution in [1.29, 1.82) is 0 Å². The summed E-state index contributed by atoms with van der Waals surface area (Å²) in [5.41, 5.74) is -0.0465. The van der Waals surface area contributed by atoms with Gasteiger partial charge in [0.05, 0.1) is 11.6 Å². The molecule has 1 atom stereocenters. The van der Waals surface area contributed by atoms with Crippen LogP contribution in [-0.2, 0) is 12.0 Å². The Morgan fingerprint density at radius 2 is 2.21 bits per heavy atom. The van der Waals surface area contributed by atoms with Crippen LogP contribution in [0.4, 0.5) is 0 Å². The average Bonchev–Trinajstić information content (AvgIpc) is 3.17. The van der Waals surface area contributed by atoms with E-state index < -0.39 is 5.60 Å². The average molecular weight is 480 g/mol. The molecule has 2 aromatic rings. The summed E-state index contributed by atoms with van der Waals surface area (Å²) in [6.07, 6.45) is 2.77. The molecule has 8 heteroatoms. The first kappa shape index (κ1) is 21.3. The number of nitrogens with zero attached hydrogens (tertiary/aromatic N) is 2. The highest BCUT2D eigenvalue weighted by Gasteiger charge is 2.23. The number of aliphatic imine (C=N–C) groups is 1. The number of aromatic nitrogens is 1. The van der Waals surface area contributed by atoms with Crippen LogP contribution in [-0.4, -0.2) is 35.7 Å². The fourth-order valence-corrected chi connectivity index (χ4v) is 3.61. The first-order chi connectivity index (χ1) is 11.0. The van der Waals surface area contributed by atoms with E-state index in [4.69, 9.17) is 0 Å². The molecule has 1 unspecified atom stereocenters. The molecular formula is C16H25IN4OS2. The zero-order valence-corrected chi connectivity index (χ0v) is 18.2. The molecule has 3 N–H and O–H groups in total. The van der Waals surface area contributed by atoms with Crippen LogP contribution in [0.25, 0.3) is 0 Å². The van der Waals surface area contributed by atoms with Crippen molar-refractivity contribution in [3.63, 3.8) is 0 Å². The minimum Gasteiger partial charge on any atom is -0.383 e. The van der Waals surface area contributed by atoms with Crippen LogP contribution in [0.2, 0.25) is 0 Å². The van der Waals surface area contributed by atoms with Gasteiger partial charge in [-0.15, -0.1) is 35.3 Å². The number of aliphatic hydroxyl groups is 1. The maximum absolute atomic E-state index is 10.5. The molecule has 0 saturated heterocycles. The van der Waals surface area contributed by atoms with Crippen molar-refractivity contribution in [3.8, 4) is 0 Å². The predicted octanol–water partition coefficient (Wildman–Crippen LogP) is 3.14. The minimum atomic E-state index is -0.950. The summed E-state index contributed by atoms with van der Waals surface area (Å²) < 4.78 is 0. The lowest BCUT2D eigenvalue weighted by Crippen LogP contribution is -2.39. The third kappa shape index (κ3) is 6.66. The molecule has 5 nitrogen and oxygen atoms in total. The molecule has 0 bridgehead atoms. The number of guanidine groups is 1. The van der Waals surface area contributed by atoms with Crippen LogP contribution in [0.1, 0.15) is 29.3 Å². The molecule has 2 heterocycles. The van der Waals surface area contributed by atoms with Gasteiger partial charge in [-0.2, -0.15) is 11.3 Å². The van der Waals surface area contributed by atoms with Crippen molar-refractivity contribution in [3.05, 3.63) is 38.5 Å². The van der Waals surface area contributed by atoms with Gasteiger partial charge in [0.2, 0.25) is 0 Å². The second-order valence-corrected chi connectivity index (χ2v) is 7.62. The van der Waals surface area contributed by atoms with Crippen molar-refractivity contribution in [2.24, 2.45) is 4.99 Å². The van der Waals surface area contributed by atoms with E-state index in [0.29, 0.717) is 6.54 Å². The Hall–Kier alpha value is -0.710. The zero-order chi connectivity index (χ0) is 16.7. The summed E-state index contributed by atoms with van der Waals surface area (Å²) in [5, 5.41) is 22.1. The molecule has 0 fully saturated rings.